The summed E-state index contributed by atoms with van der Waals surface area (Å²) in [5, 5.41) is 13.7. The number of nitrogens with zero attached hydrogens (tertiary/aromatic N) is 2. The van der Waals surface area contributed by atoms with Crippen molar-refractivity contribution >= 4 is 23.3 Å². The Balaban J connectivity index is 1.94. The molecule has 0 radical (unpaired) electrons. The lowest BCUT2D eigenvalue weighted by molar-refractivity contribution is -0.384. The van der Waals surface area contributed by atoms with E-state index in [0.717, 1.165) is 17.7 Å². The number of rotatable bonds is 8. The van der Waals surface area contributed by atoms with Gasteiger partial charge in [-0.25, -0.2) is 4.79 Å². The Morgan fingerprint density at radius 1 is 1.16 bits per heavy atom. The molecule has 31 heavy (non-hydrogen) atoms. The molecule has 0 saturated carbocycles. The molecule has 2 rings (SSSR count). The second-order valence-corrected chi connectivity index (χ2v) is 6.60. The number of anilines is 1. The number of amides is 1. The van der Waals surface area contributed by atoms with Gasteiger partial charge in [0.05, 0.1) is 23.2 Å². The van der Waals surface area contributed by atoms with Crippen molar-refractivity contribution in [2.24, 2.45) is 0 Å². The van der Waals surface area contributed by atoms with Crippen LogP contribution in [-0.4, -0.2) is 42.4 Å². The summed E-state index contributed by atoms with van der Waals surface area (Å²) in [7, 11) is 2.84. The molecule has 0 aromatic heterocycles. The van der Waals surface area contributed by atoms with Crippen LogP contribution in [0.5, 0.6) is 0 Å². The van der Waals surface area contributed by atoms with E-state index in [-0.39, 0.29) is 31.1 Å². The van der Waals surface area contributed by atoms with Crippen molar-refractivity contribution in [2.45, 2.75) is 19.1 Å². The highest BCUT2D eigenvalue weighted by Crippen LogP contribution is 2.34. The van der Waals surface area contributed by atoms with Crippen LogP contribution in [0.2, 0.25) is 0 Å². The lowest BCUT2D eigenvalue weighted by Crippen LogP contribution is -2.27. The Bertz CT molecular complexity index is 962. The predicted molar refractivity (Wildman–Crippen MR) is 105 cm³/mol. The number of nitro groups is 1. The van der Waals surface area contributed by atoms with Gasteiger partial charge in [-0.1, -0.05) is 12.1 Å². The van der Waals surface area contributed by atoms with Crippen LogP contribution in [0.25, 0.3) is 0 Å². The van der Waals surface area contributed by atoms with Crippen LogP contribution < -0.4 is 5.32 Å². The van der Waals surface area contributed by atoms with Crippen molar-refractivity contribution in [3.8, 4) is 0 Å². The van der Waals surface area contributed by atoms with E-state index in [1.165, 1.54) is 12.0 Å². The van der Waals surface area contributed by atoms with Gasteiger partial charge in [0.15, 0.2) is 0 Å². The van der Waals surface area contributed by atoms with E-state index in [2.05, 4.69) is 10.1 Å². The van der Waals surface area contributed by atoms with Crippen molar-refractivity contribution in [2.75, 3.05) is 26.0 Å². The van der Waals surface area contributed by atoms with Crippen LogP contribution >= 0.6 is 0 Å². The fraction of sp³-hybridized carbons (Fsp3) is 0.300. The SMILES string of the molecule is COC(=O)c1ccc(CN(C)C(=O)CCNc2ccc(C(F)(F)F)cc2[N+](=O)[O-])cc1. The first-order valence-corrected chi connectivity index (χ1v) is 9.03. The van der Waals surface area contributed by atoms with Crippen molar-refractivity contribution < 1.29 is 32.4 Å². The highest BCUT2D eigenvalue weighted by atomic mass is 19.4. The van der Waals surface area contributed by atoms with E-state index in [1.807, 2.05) is 0 Å². The molecule has 1 N–H and O–H groups in total. The molecule has 1 amide bonds. The average molecular weight is 439 g/mol. The van der Waals surface area contributed by atoms with Gasteiger partial charge in [0.25, 0.3) is 5.69 Å². The Labute approximate surface area is 175 Å². The number of benzene rings is 2. The molecule has 2 aromatic carbocycles. The summed E-state index contributed by atoms with van der Waals surface area (Å²) in [5.74, 6) is -0.751. The zero-order chi connectivity index (χ0) is 23.2. The Kier molecular flexibility index (Phi) is 7.56. The molecule has 0 bridgehead atoms. The summed E-state index contributed by atoms with van der Waals surface area (Å²) in [4.78, 5) is 35.3. The van der Waals surface area contributed by atoms with Gasteiger partial charge in [-0.15, -0.1) is 0 Å². The van der Waals surface area contributed by atoms with E-state index in [9.17, 15) is 32.9 Å². The largest absolute Gasteiger partial charge is 0.465 e. The van der Waals surface area contributed by atoms with Gasteiger partial charge in [0.2, 0.25) is 5.91 Å². The molecular weight excluding hydrogens is 419 g/mol. The van der Waals surface area contributed by atoms with Crippen LogP contribution in [0.15, 0.2) is 42.5 Å². The highest BCUT2D eigenvalue weighted by molar-refractivity contribution is 5.89. The second kappa shape index (κ2) is 9.92. The summed E-state index contributed by atoms with van der Waals surface area (Å²) in [6.07, 6.45) is -4.73. The number of hydrogen-bond donors (Lipinski definition) is 1. The minimum Gasteiger partial charge on any atom is -0.465 e. The molecule has 0 atom stereocenters. The van der Waals surface area contributed by atoms with E-state index < -0.39 is 28.3 Å². The van der Waals surface area contributed by atoms with Gasteiger partial charge in [0, 0.05) is 32.6 Å². The smallest absolute Gasteiger partial charge is 0.416 e. The summed E-state index contributed by atoms with van der Waals surface area (Å²) >= 11 is 0. The monoisotopic (exact) mass is 439 g/mol. The number of nitro benzene ring substituents is 1. The third-order valence-corrected chi connectivity index (χ3v) is 4.40. The van der Waals surface area contributed by atoms with E-state index in [0.29, 0.717) is 11.6 Å². The summed E-state index contributed by atoms with van der Waals surface area (Å²) in [6, 6.07) is 8.67. The number of carbonyl (C=O) groups is 2. The number of nitrogens with one attached hydrogen (secondary N) is 1. The molecule has 8 nitrogen and oxygen atoms in total. The van der Waals surface area contributed by atoms with E-state index >= 15 is 0 Å². The number of methoxy groups -OCH3 is 1. The normalized spacial score (nSPS) is 11.0. The fourth-order valence-corrected chi connectivity index (χ4v) is 2.73. The van der Waals surface area contributed by atoms with Crippen LogP contribution in [0.1, 0.15) is 27.9 Å². The van der Waals surface area contributed by atoms with Crippen LogP contribution in [0, 0.1) is 10.1 Å². The molecule has 2 aromatic rings. The van der Waals surface area contributed by atoms with Gasteiger partial charge in [0.1, 0.15) is 5.69 Å². The van der Waals surface area contributed by atoms with Gasteiger partial charge >= 0.3 is 12.1 Å². The van der Waals surface area contributed by atoms with Crippen LogP contribution in [0.3, 0.4) is 0 Å². The van der Waals surface area contributed by atoms with Gasteiger partial charge in [-0.3, -0.25) is 14.9 Å². The lowest BCUT2D eigenvalue weighted by atomic mass is 10.1. The Hall–Kier alpha value is -3.63. The standard InChI is InChI=1S/C20H20F3N3O5/c1-25(12-13-3-5-14(6-4-13)19(28)31-2)18(27)9-10-24-16-8-7-15(20(21,22)23)11-17(16)26(29)30/h3-8,11,24H,9-10,12H2,1-2H3. The maximum absolute atomic E-state index is 12.8. The second-order valence-electron chi connectivity index (χ2n) is 6.60. The van der Waals surface area contributed by atoms with Gasteiger partial charge < -0.3 is 15.0 Å². The minimum atomic E-state index is -4.70. The number of carbonyl (C=O) groups excluding carboxylic acids is 2. The molecule has 0 spiro atoms. The Morgan fingerprint density at radius 3 is 2.35 bits per heavy atom. The predicted octanol–water partition coefficient (Wildman–Crippen LogP) is 3.86. The molecule has 0 aliphatic rings. The third kappa shape index (κ3) is 6.43. The van der Waals surface area contributed by atoms with Gasteiger partial charge in [-0.2, -0.15) is 13.2 Å². The maximum Gasteiger partial charge on any atom is 0.416 e. The topological polar surface area (TPSA) is 102 Å². The summed E-state index contributed by atoms with van der Waals surface area (Å²) in [6.45, 7) is 0.261. The fourth-order valence-electron chi connectivity index (χ4n) is 2.73. The minimum absolute atomic E-state index is 0.00332. The number of halogens is 3. The molecule has 0 unspecified atom stereocenters. The van der Waals surface area contributed by atoms with Crippen LogP contribution in [-0.2, 0) is 22.3 Å². The quantitative estimate of drug-likeness (QED) is 0.381. The highest BCUT2D eigenvalue weighted by Gasteiger charge is 2.33. The molecule has 0 aliphatic carbocycles. The molecule has 0 aliphatic heterocycles. The number of ether oxygens (including phenoxy) is 1. The van der Waals surface area contributed by atoms with Crippen molar-refractivity contribution in [1.82, 2.24) is 4.90 Å². The zero-order valence-corrected chi connectivity index (χ0v) is 16.7. The van der Waals surface area contributed by atoms with Crippen molar-refractivity contribution in [3.05, 3.63) is 69.3 Å². The van der Waals surface area contributed by atoms with Crippen molar-refractivity contribution in [3.63, 3.8) is 0 Å². The Morgan fingerprint density at radius 2 is 1.81 bits per heavy atom. The molecular formula is C20H20F3N3O5. The molecule has 11 heteroatoms. The number of esters is 1. The first-order valence-electron chi connectivity index (χ1n) is 9.03. The zero-order valence-electron chi connectivity index (χ0n) is 16.7. The molecule has 0 heterocycles. The number of hydrogen-bond acceptors (Lipinski definition) is 6. The number of alkyl halides is 3. The molecule has 0 saturated heterocycles. The lowest BCUT2D eigenvalue weighted by Gasteiger charge is -2.18. The van der Waals surface area contributed by atoms with E-state index in [1.54, 1.807) is 31.3 Å². The molecule has 166 valence electrons. The maximum atomic E-state index is 12.8. The average Bonchev–Trinajstić information content (AvgIpc) is 2.72. The third-order valence-electron chi connectivity index (χ3n) is 4.40. The van der Waals surface area contributed by atoms with E-state index in [4.69, 9.17) is 0 Å². The van der Waals surface area contributed by atoms with Crippen molar-refractivity contribution in [1.29, 1.82) is 0 Å². The first kappa shape index (κ1) is 23.6. The molecule has 0 fully saturated rings. The van der Waals surface area contributed by atoms with Crippen LogP contribution in [0.4, 0.5) is 24.5 Å². The summed E-state index contributed by atoms with van der Waals surface area (Å²) in [5.41, 5.74) is -0.802. The van der Waals surface area contributed by atoms with Gasteiger partial charge in [-0.05, 0) is 29.8 Å². The summed E-state index contributed by atoms with van der Waals surface area (Å²) < 4.78 is 42.9. The first-order chi connectivity index (χ1) is 14.5.